The normalized spacial score (nSPS) is 22.2. The monoisotopic (exact) mass is 227 g/mol. The second-order valence-corrected chi connectivity index (χ2v) is 4.57. The van der Waals surface area contributed by atoms with Gasteiger partial charge in [-0.2, -0.15) is 0 Å². The smallest absolute Gasteiger partial charge is 0.0237 e. The Bertz CT molecular complexity index is 414. The van der Waals surface area contributed by atoms with Crippen molar-refractivity contribution < 1.29 is 0 Å². The predicted molar refractivity (Wildman–Crippen MR) is 73.9 cm³/mol. The Balaban J connectivity index is 2.01. The highest BCUT2D eigenvalue weighted by molar-refractivity contribution is 5.33. The van der Waals surface area contributed by atoms with Crippen molar-refractivity contribution >= 4 is 0 Å². The number of rotatable bonds is 2. The molecule has 0 amide bonds. The Morgan fingerprint density at radius 3 is 2.41 bits per heavy atom. The molecule has 1 heteroatoms. The molecule has 0 spiro atoms. The van der Waals surface area contributed by atoms with Gasteiger partial charge in [-0.15, -0.1) is 0 Å². The molecule has 1 aliphatic heterocycles. The molecule has 1 heterocycles. The van der Waals surface area contributed by atoms with E-state index in [-0.39, 0.29) is 0 Å². The van der Waals surface area contributed by atoms with Crippen LogP contribution in [0.5, 0.6) is 0 Å². The van der Waals surface area contributed by atoms with Gasteiger partial charge in [-0.3, -0.25) is 4.90 Å². The van der Waals surface area contributed by atoms with E-state index >= 15 is 0 Å². The van der Waals surface area contributed by atoms with Gasteiger partial charge in [-0.1, -0.05) is 42.5 Å². The number of likely N-dealkylation sites (tertiary alicyclic amines) is 1. The molecule has 0 unspecified atom stereocenters. The fourth-order valence-electron chi connectivity index (χ4n) is 2.44. The summed E-state index contributed by atoms with van der Waals surface area (Å²) in [5.41, 5.74) is 4.43. The minimum atomic E-state index is 1.06. The van der Waals surface area contributed by atoms with Crippen LogP contribution in [0.25, 0.3) is 0 Å². The first kappa shape index (κ1) is 12.1. The molecular formula is C16H21N. The fourth-order valence-corrected chi connectivity index (χ4v) is 2.44. The highest BCUT2D eigenvalue weighted by Crippen LogP contribution is 2.23. The third kappa shape index (κ3) is 3.07. The Hall–Kier alpha value is -1.34. The summed E-state index contributed by atoms with van der Waals surface area (Å²) >= 11 is 0. The fraction of sp³-hybridized carbons (Fsp3) is 0.375. The maximum Gasteiger partial charge on any atom is 0.0237 e. The second-order valence-electron chi connectivity index (χ2n) is 4.57. The van der Waals surface area contributed by atoms with Gasteiger partial charge in [0.15, 0.2) is 0 Å². The second kappa shape index (κ2) is 5.83. The molecule has 2 rings (SSSR count). The molecule has 0 saturated carbocycles. The van der Waals surface area contributed by atoms with Gasteiger partial charge >= 0.3 is 0 Å². The molecule has 1 fully saturated rings. The lowest BCUT2D eigenvalue weighted by Gasteiger charge is -2.30. The van der Waals surface area contributed by atoms with Crippen molar-refractivity contribution in [3.8, 4) is 0 Å². The molecule has 1 aromatic carbocycles. The summed E-state index contributed by atoms with van der Waals surface area (Å²) in [6.45, 7) is 7.61. The molecule has 0 bridgehead atoms. The van der Waals surface area contributed by atoms with Crippen LogP contribution < -0.4 is 0 Å². The maximum absolute atomic E-state index is 2.53. The topological polar surface area (TPSA) is 3.24 Å². The zero-order valence-electron chi connectivity index (χ0n) is 10.8. The molecule has 0 radical (unpaired) electrons. The van der Waals surface area contributed by atoms with Crippen LogP contribution in [0, 0.1) is 0 Å². The van der Waals surface area contributed by atoms with Gasteiger partial charge in [-0.05, 0) is 37.0 Å². The molecule has 1 nitrogen and oxygen atoms in total. The van der Waals surface area contributed by atoms with Gasteiger partial charge in [0.05, 0.1) is 0 Å². The molecule has 0 aromatic heterocycles. The summed E-state index contributed by atoms with van der Waals surface area (Å²) in [5.74, 6) is 0. The predicted octanol–water partition coefficient (Wildman–Crippen LogP) is 3.78. The van der Waals surface area contributed by atoms with Gasteiger partial charge in [0, 0.05) is 19.6 Å². The molecular weight excluding hydrogens is 206 g/mol. The summed E-state index contributed by atoms with van der Waals surface area (Å²) in [7, 11) is 0. The van der Waals surface area contributed by atoms with E-state index in [1.165, 1.54) is 29.7 Å². The van der Waals surface area contributed by atoms with Crippen molar-refractivity contribution in [2.45, 2.75) is 26.8 Å². The average molecular weight is 227 g/mol. The van der Waals surface area contributed by atoms with Gasteiger partial charge < -0.3 is 0 Å². The van der Waals surface area contributed by atoms with E-state index in [2.05, 4.69) is 61.2 Å². The first-order valence-corrected chi connectivity index (χ1v) is 6.40. The van der Waals surface area contributed by atoms with Crippen molar-refractivity contribution in [3.05, 3.63) is 59.2 Å². The highest BCUT2D eigenvalue weighted by Gasteiger charge is 2.17. The molecule has 1 aliphatic rings. The third-order valence-corrected chi connectivity index (χ3v) is 3.45. The van der Waals surface area contributed by atoms with E-state index in [4.69, 9.17) is 0 Å². The number of piperidine rings is 1. The minimum Gasteiger partial charge on any atom is -0.295 e. The van der Waals surface area contributed by atoms with Crippen LogP contribution >= 0.6 is 0 Å². The zero-order chi connectivity index (χ0) is 12.1. The summed E-state index contributed by atoms with van der Waals surface area (Å²) in [6.07, 6.45) is 5.70. The summed E-state index contributed by atoms with van der Waals surface area (Å²) in [6, 6.07) is 10.7. The Morgan fingerprint density at radius 1 is 1.06 bits per heavy atom. The van der Waals surface area contributed by atoms with Crippen molar-refractivity contribution in [3.63, 3.8) is 0 Å². The van der Waals surface area contributed by atoms with E-state index in [9.17, 15) is 0 Å². The SMILES string of the molecule is C/C=C1\CN(Cc2ccccc2)CC\C1=C/C. The molecule has 0 aliphatic carbocycles. The molecule has 0 atom stereocenters. The lowest BCUT2D eigenvalue weighted by Crippen LogP contribution is -2.31. The first-order valence-electron chi connectivity index (χ1n) is 6.40. The number of hydrogen-bond donors (Lipinski definition) is 0. The van der Waals surface area contributed by atoms with E-state index in [1.807, 2.05) is 0 Å². The zero-order valence-corrected chi connectivity index (χ0v) is 10.8. The number of nitrogens with zero attached hydrogens (tertiary/aromatic N) is 1. The summed E-state index contributed by atoms with van der Waals surface area (Å²) in [5, 5.41) is 0. The van der Waals surface area contributed by atoms with Crippen molar-refractivity contribution in [1.29, 1.82) is 0 Å². The van der Waals surface area contributed by atoms with Gasteiger partial charge in [0.2, 0.25) is 0 Å². The van der Waals surface area contributed by atoms with Crippen LogP contribution in [0.4, 0.5) is 0 Å². The van der Waals surface area contributed by atoms with Crippen LogP contribution in [0.1, 0.15) is 25.8 Å². The van der Waals surface area contributed by atoms with Gasteiger partial charge in [0.1, 0.15) is 0 Å². The van der Waals surface area contributed by atoms with Crippen LogP contribution in [-0.2, 0) is 6.54 Å². The molecule has 17 heavy (non-hydrogen) atoms. The van der Waals surface area contributed by atoms with Gasteiger partial charge in [-0.25, -0.2) is 0 Å². The number of allylic oxidation sites excluding steroid dienone is 2. The molecule has 1 aromatic rings. The standard InChI is InChI=1S/C16H21N/c1-3-15-10-11-17(13-16(15)4-2)12-14-8-6-5-7-9-14/h3-9H,10-13H2,1-2H3/b15-3+,16-4+. The lowest BCUT2D eigenvalue weighted by atomic mass is 9.97. The van der Waals surface area contributed by atoms with Crippen LogP contribution in [0.3, 0.4) is 0 Å². The first-order chi connectivity index (χ1) is 8.33. The highest BCUT2D eigenvalue weighted by atomic mass is 15.1. The largest absolute Gasteiger partial charge is 0.295 e. The average Bonchev–Trinajstić information content (AvgIpc) is 2.40. The maximum atomic E-state index is 2.53. The van der Waals surface area contributed by atoms with Crippen molar-refractivity contribution in [2.24, 2.45) is 0 Å². The van der Waals surface area contributed by atoms with Crippen LogP contribution in [-0.4, -0.2) is 18.0 Å². The van der Waals surface area contributed by atoms with Crippen molar-refractivity contribution in [1.82, 2.24) is 4.90 Å². The molecule has 90 valence electrons. The summed E-state index contributed by atoms with van der Waals surface area (Å²) in [4.78, 5) is 2.53. The van der Waals surface area contributed by atoms with Crippen LogP contribution in [0.15, 0.2) is 53.6 Å². The van der Waals surface area contributed by atoms with Crippen molar-refractivity contribution in [2.75, 3.05) is 13.1 Å². The third-order valence-electron chi connectivity index (χ3n) is 3.45. The van der Waals surface area contributed by atoms with Crippen LogP contribution in [0.2, 0.25) is 0 Å². The van der Waals surface area contributed by atoms with E-state index < -0.39 is 0 Å². The Labute approximate surface area is 104 Å². The van der Waals surface area contributed by atoms with E-state index in [0.29, 0.717) is 0 Å². The molecule has 0 N–H and O–H groups in total. The summed E-state index contributed by atoms with van der Waals surface area (Å²) < 4.78 is 0. The number of benzene rings is 1. The Morgan fingerprint density at radius 2 is 1.76 bits per heavy atom. The quantitative estimate of drug-likeness (QED) is 0.743. The lowest BCUT2D eigenvalue weighted by molar-refractivity contribution is 0.276. The van der Waals surface area contributed by atoms with E-state index in [1.54, 1.807) is 0 Å². The van der Waals surface area contributed by atoms with Gasteiger partial charge in [0.25, 0.3) is 0 Å². The van der Waals surface area contributed by atoms with E-state index in [0.717, 1.165) is 13.1 Å². The molecule has 1 saturated heterocycles. The minimum absolute atomic E-state index is 1.06. The number of hydrogen-bond acceptors (Lipinski definition) is 1. The Kier molecular flexibility index (Phi) is 4.16.